The normalized spacial score (nSPS) is 10.9. The van der Waals surface area contributed by atoms with E-state index in [1.165, 1.54) is 6.33 Å². The average molecular weight is 186 g/mol. The van der Waals surface area contributed by atoms with Gasteiger partial charge >= 0.3 is 0 Å². The van der Waals surface area contributed by atoms with Gasteiger partial charge < -0.3 is 4.98 Å². The molecule has 0 bridgehead atoms. The molecule has 0 aliphatic carbocycles. The predicted octanol–water partition coefficient (Wildman–Crippen LogP) is 0.539. The van der Waals surface area contributed by atoms with Gasteiger partial charge in [-0.2, -0.15) is 4.68 Å². The van der Waals surface area contributed by atoms with Gasteiger partial charge in [-0.05, 0) is 12.1 Å². The van der Waals surface area contributed by atoms with Crippen LogP contribution in [0.1, 0.15) is 0 Å². The highest BCUT2D eigenvalue weighted by molar-refractivity contribution is 5.69. The zero-order valence-corrected chi connectivity index (χ0v) is 7.12. The summed E-state index contributed by atoms with van der Waals surface area (Å²) in [6, 6.07) is 3.79. The Morgan fingerprint density at radius 2 is 2.36 bits per heavy atom. The van der Waals surface area contributed by atoms with Crippen molar-refractivity contribution < 1.29 is 0 Å². The van der Waals surface area contributed by atoms with E-state index in [1.54, 1.807) is 10.9 Å². The van der Waals surface area contributed by atoms with Crippen molar-refractivity contribution in [1.82, 2.24) is 29.9 Å². The van der Waals surface area contributed by atoms with Crippen LogP contribution < -0.4 is 0 Å². The minimum Gasteiger partial charge on any atom is -0.347 e. The second-order valence-corrected chi connectivity index (χ2v) is 2.79. The Morgan fingerprint density at radius 3 is 3.21 bits per heavy atom. The van der Waals surface area contributed by atoms with E-state index in [0.29, 0.717) is 11.2 Å². The molecule has 6 nitrogen and oxygen atoms in total. The van der Waals surface area contributed by atoms with Crippen LogP contribution in [0.4, 0.5) is 0 Å². The fourth-order valence-corrected chi connectivity index (χ4v) is 1.30. The summed E-state index contributed by atoms with van der Waals surface area (Å²) >= 11 is 0. The number of rotatable bonds is 1. The van der Waals surface area contributed by atoms with E-state index in [0.717, 1.165) is 5.82 Å². The van der Waals surface area contributed by atoms with E-state index in [2.05, 4.69) is 25.3 Å². The average Bonchev–Trinajstić information content (AvgIpc) is 2.85. The minimum absolute atomic E-state index is 0.683. The number of aromatic nitrogens is 6. The van der Waals surface area contributed by atoms with Gasteiger partial charge in [0.1, 0.15) is 12.1 Å². The Balaban J connectivity index is 2.33. The quantitative estimate of drug-likeness (QED) is 0.602. The van der Waals surface area contributed by atoms with E-state index in [1.807, 2.05) is 18.3 Å². The first kappa shape index (κ1) is 7.19. The van der Waals surface area contributed by atoms with Crippen molar-refractivity contribution in [1.29, 1.82) is 0 Å². The van der Waals surface area contributed by atoms with E-state index in [4.69, 9.17) is 0 Å². The second kappa shape index (κ2) is 2.63. The van der Waals surface area contributed by atoms with Gasteiger partial charge in [0.2, 0.25) is 0 Å². The van der Waals surface area contributed by atoms with Gasteiger partial charge in [-0.25, -0.2) is 9.97 Å². The molecule has 0 fully saturated rings. The minimum atomic E-state index is 0.683. The SMILES string of the molecule is c1c[nH]c(-n2nnc3cncnc32)c1. The molecule has 0 aliphatic rings. The van der Waals surface area contributed by atoms with Gasteiger partial charge in [0.25, 0.3) is 0 Å². The summed E-state index contributed by atoms with van der Waals surface area (Å²) in [5.74, 6) is 0.839. The Labute approximate surface area is 78.6 Å². The topological polar surface area (TPSA) is 72.3 Å². The number of nitrogens with one attached hydrogen (secondary N) is 1. The molecule has 6 heteroatoms. The lowest BCUT2D eigenvalue weighted by molar-refractivity contribution is 0.800. The number of fused-ring (bicyclic) bond motifs is 1. The number of hydrogen-bond donors (Lipinski definition) is 1. The third-order valence-electron chi connectivity index (χ3n) is 1.92. The highest BCUT2D eigenvalue weighted by Crippen LogP contribution is 2.10. The van der Waals surface area contributed by atoms with Crippen molar-refractivity contribution in [3.63, 3.8) is 0 Å². The van der Waals surface area contributed by atoms with Crippen molar-refractivity contribution in [2.75, 3.05) is 0 Å². The van der Waals surface area contributed by atoms with Gasteiger partial charge in [-0.3, -0.25) is 0 Å². The Kier molecular flexibility index (Phi) is 1.35. The van der Waals surface area contributed by atoms with Gasteiger partial charge in [-0.1, -0.05) is 5.21 Å². The Morgan fingerprint density at radius 1 is 1.36 bits per heavy atom. The summed E-state index contributed by atoms with van der Waals surface area (Å²) in [4.78, 5) is 11.0. The van der Waals surface area contributed by atoms with Crippen LogP contribution in [0.5, 0.6) is 0 Å². The summed E-state index contributed by atoms with van der Waals surface area (Å²) in [6.07, 6.45) is 4.93. The third-order valence-corrected chi connectivity index (χ3v) is 1.92. The van der Waals surface area contributed by atoms with E-state index < -0.39 is 0 Å². The van der Waals surface area contributed by atoms with Crippen LogP contribution >= 0.6 is 0 Å². The lowest BCUT2D eigenvalue weighted by atomic mass is 10.5. The summed E-state index contributed by atoms with van der Waals surface area (Å²) < 4.78 is 1.64. The fourth-order valence-electron chi connectivity index (χ4n) is 1.30. The van der Waals surface area contributed by atoms with Crippen LogP contribution in [0.3, 0.4) is 0 Å². The molecule has 14 heavy (non-hydrogen) atoms. The molecule has 0 saturated carbocycles. The standard InChI is InChI=1S/C8H6N6/c1-2-7(10-3-1)14-8-6(12-13-14)4-9-5-11-8/h1-5,10H. The molecule has 3 heterocycles. The summed E-state index contributed by atoms with van der Waals surface area (Å²) in [5.41, 5.74) is 1.38. The van der Waals surface area contributed by atoms with Crippen molar-refractivity contribution in [3.05, 3.63) is 30.9 Å². The third kappa shape index (κ3) is 0.905. The molecule has 0 aliphatic heterocycles. The molecular weight excluding hydrogens is 180 g/mol. The number of H-pyrrole nitrogens is 1. The van der Waals surface area contributed by atoms with E-state index >= 15 is 0 Å². The van der Waals surface area contributed by atoms with Gasteiger partial charge in [0, 0.05) is 6.20 Å². The first-order valence-electron chi connectivity index (χ1n) is 4.10. The first-order chi connectivity index (χ1) is 6.95. The smallest absolute Gasteiger partial charge is 0.188 e. The largest absolute Gasteiger partial charge is 0.347 e. The van der Waals surface area contributed by atoms with Crippen molar-refractivity contribution in [2.45, 2.75) is 0 Å². The van der Waals surface area contributed by atoms with Crippen LogP contribution in [0.25, 0.3) is 17.0 Å². The van der Waals surface area contributed by atoms with Crippen LogP contribution in [0.2, 0.25) is 0 Å². The van der Waals surface area contributed by atoms with Crippen molar-refractivity contribution in [2.24, 2.45) is 0 Å². The lowest BCUT2D eigenvalue weighted by Gasteiger charge is -1.95. The monoisotopic (exact) mass is 186 g/mol. The van der Waals surface area contributed by atoms with Gasteiger partial charge in [-0.15, -0.1) is 5.10 Å². The molecule has 3 aromatic rings. The predicted molar refractivity (Wildman–Crippen MR) is 48.8 cm³/mol. The maximum atomic E-state index is 4.10. The number of aromatic amines is 1. The molecule has 68 valence electrons. The number of hydrogen-bond acceptors (Lipinski definition) is 4. The van der Waals surface area contributed by atoms with Crippen LogP contribution in [0, 0.1) is 0 Å². The molecule has 1 N–H and O–H groups in total. The molecule has 0 radical (unpaired) electrons. The Bertz CT molecular complexity index is 552. The lowest BCUT2D eigenvalue weighted by Crippen LogP contribution is -1.97. The zero-order valence-electron chi connectivity index (χ0n) is 7.12. The molecule has 0 amide bonds. The van der Waals surface area contributed by atoms with Gasteiger partial charge in [0.15, 0.2) is 11.2 Å². The zero-order chi connectivity index (χ0) is 9.38. The maximum absolute atomic E-state index is 4.10. The molecular formula is C8H6N6. The van der Waals surface area contributed by atoms with Crippen molar-refractivity contribution in [3.8, 4) is 5.82 Å². The molecule has 0 spiro atoms. The van der Waals surface area contributed by atoms with E-state index in [9.17, 15) is 0 Å². The summed E-state index contributed by atoms with van der Waals surface area (Å²) in [7, 11) is 0. The fraction of sp³-hybridized carbons (Fsp3) is 0. The van der Waals surface area contributed by atoms with Crippen LogP contribution in [-0.2, 0) is 0 Å². The Hall–Kier alpha value is -2.24. The number of nitrogens with zero attached hydrogens (tertiary/aromatic N) is 5. The van der Waals surface area contributed by atoms with E-state index in [-0.39, 0.29) is 0 Å². The highest BCUT2D eigenvalue weighted by atomic mass is 15.5. The molecule has 3 rings (SSSR count). The van der Waals surface area contributed by atoms with Crippen LogP contribution in [-0.4, -0.2) is 29.9 Å². The van der Waals surface area contributed by atoms with Crippen molar-refractivity contribution >= 4 is 11.2 Å². The van der Waals surface area contributed by atoms with Crippen LogP contribution in [0.15, 0.2) is 30.9 Å². The maximum Gasteiger partial charge on any atom is 0.188 e. The van der Waals surface area contributed by atoms with Gasteiger partial charge in [0.05, 0.1) is 6.20 Å². The second-order valence-electron chi connectivity index (χ2n) is 2.79. The molecule has 0 atom stereocenters. The molecule has 0 unspecified atom stereocenters. The summed E-state index contributed by atoms with van der Waals surface area (Å²) in [5, 5.41) is 7.91. The summed E-state index contributed by atoms with van der Waals surface area (Å²) in [6.45, 7) is 0. The molecule has 3 aromatic heterocycles. The first-order valence-corrected chi connectivity index (χ1v) is 4.10. The highest BCUT2D eigenvalue weighted by Gasteiger charge is 2.06. The molecule has 0 aromatic carbocycles. The molecule has 0 saturated heterocycles.